The highest BCUT2D eigenvalue weighted by atomic mass is 16.5. The molecule has 0 aromatic heterocycles. The number of carbonyl (C=O) groups is 2. The Hall–Kier alpha value is -2.34. The van der Waals surface area contributed by atoms with E-state index in [9.17, 15) is 9.59 Å². The van der Waals surface area contributed by atoms with Crippen molar-refractivity contribution >= 4 is 11.8 Å². The molecule has 1 saturated heterocycles. The fourth-order valence-electron chi connectivity index (χ4n) is 3.05. The van der Waals surface area contributed by atoms with Crippen LogP contribution in [-0.2, 0) is 16.0 Å². The van der Waals surface area contributed by atoms with Gasteiger partial charge in [-0.2, -0.15) is 0 Å². The van der Waals surface area contributed by atoms with Gasteiger partial charge in [-0.15, -0.1) is 6.58 Å². The lowest BCUT2D eigenvalue weighted by Gasteiger charge is -2.37. The van der Waals surface area contributed by atoms with E-state index >= 15 is 0 Å². The van der Waals surface area contributed by atoms with Crippen LogP contribution in [0.5, 0.6) is 5.75 Å². The second-order valence-corrected chi connectivity index (χ2v) is 6.47. The predicted molar refractivity (Wildman–Crippen MR) is 102 cm³/mol. The van der Waals surface area contributed by atoms with E-state index in [1.54, 1.807) is 13.2 Å². The van der Waals surface area contributed by atoms with Crippen molar-refractivity contribution in [1.82, 2.24) is 15.1 Å². The molecule has 142 valence electrons. The fraction of sp³-hybridized carbons (Fsp3) is 0.500. The third kappa shape index (κ3) is 5.59. The van der Waals surface area contributed by atoms with Gasteiger partial charge in [0.1, 0.15) is 5.75 Å². The quantitative estimate of drug-likeness (QED) is 0.714. The van der Waals surface area contributed by atoms with Crippen molar-refractivity contribution in [2.75, 3.05) is 39.8 Å². The zero-order valence-corrected chi connectivity index (χ0v) is 15.7. The number of methoxy groups -OCH3 is 1. The van der Waals surface area contributed by atoms with Crippen LogP contribution in [0.2, 0.25) is 0 Å². The largest absolute Gasteiger partial charge is 0.497 e. The predicted octanol–water partition coefficient (Wildman–Crippen LogP) is 1.46. The Morgan fingerprint density at radius 1 is 1.23 bits per heavy atom. The highest BCUT2D eigenvalue weighted by Crippen LogP contribution is 2.14. The first-order valence-electron chi connectivity index (χ1n) is 9.08. The number of piperazine rings is 1. The van der Waals surface area contributed by atoms with Gasteiger partial charge in [0, 0.05) is 39.1 Å². The van der Waals surface area contributed by atoms with E-state index in [4.69, 9.17) is 4.74 Å². The molecule has 0 aliphatic carbocycles. The van der Waals surface area contributed by atoms with Gasteiger partial charge in [0.15, 0.2) is 0 Å². The molecule has 6 heteroatoms. The molecule has 26 heavy (non-hydrogen) atoms. The Kier molecular flexibility index (Phi) is 7.66. The SMILES string of the molecule is C=CCNC(=O)C(C)N1CCN(C(=O)CCc2ccc(OC)cc2)CC1. The first-order valence-corrected chi connectivity index (χ1v) is 9.08. The summed E-state index contributed by atoms with van der Waals surface area (Å²) in [7, 11) is 1.64. The Balaban J connectivity index is 1.75. The number of benzene rings is 1. The van der Waals surface area contributed by atoms with Gasteiger partial charge in [-0.25, -0.2) is 0 Å². The van der Waals surface area contributed by atoms with Crippen molar-refractivity contribution in [3.05, 3.63) is 42.5 Å². The molecule has 1 aromatic rings. The van der Waals surface area contributed by atoms with Crippen LogP contribution in [0.25, 0.3) is 0 Å². The van der Waals surface area contributed by atoms with Crippen molar-refractivity contribution < 1.29 is 14.3 Å². The molecule has 1 heterocycles. The Labute approximate surface area is 155 Å². The molecule has 1 aliphatic rings. The lowest BCUT2D eigenvalue weighted by atomic mass is 10.1. The van der Waals surface area contributed by atoms with E-state index in [0.717, 1.165) is 30.8 Å². The van der Waals surface area contributed by atoms with E-state index in [0.29, 0.717) is 26.1 Å². The monoisotopic (exact) mass is 359 g/mol. The summed E-state index contributed by atoms with van der Waals surface area (Å²) in [6.45, 7) is 8.76. The summed E-state index contributed by atoms with van der Waals surface area (Å²) in [6.07, 6.45) is 2.90. The summed E-state index contributed by atoms with van der Waals surface area (Å²) in [5.41, 5.74) is 1.13. The van der Waals surface area contributed by atoms with Crippen LogP contribution in [0.4, 0.5) is 0 Å². The van der Waals surface area contributed by atoms with Gasteiger partial charge in [0.2, 0.25) is 11.8 Å². The maximum atomic E-state index is 12.4. The average molecular weight is 359 g/mol. The molecule has 1 fully saturated rings. The number of nitrogens with zero attached hydrogens (tertiary/aromatic N) is 2. The topological polar surface area (TPSA) is 61.9 Å². The highest BCUT2D eigenvalue weighted by molar-refractivity contribution is 5.81. The van der Waals surface area contributed by atoms with Crippen LogP contribution in [0.3, 0.4) is 0 Å². The summed E-state index contributed by atoms with van der Waals surface area (Å²) in [5.74, 6) is 0.996. The van der Waals surface area contributed by atoms with Crippen molar-refractivity contribution in [2.45, 2.75) is 25.8 Å². The maximum absolute atomic E-state index is 12.4. The Morgan fingerprint density at radius 2 is 1.88 bits per heavy atom. The van der Waals surface area contributed by atoms with Gasteiger partial charge in [0.25, 0.3) is 0 Å². The molecule has 0 saturated carbocycles. The molecule has 1 atom stereocenters. The van der Waals surface area contributed by atoms with E-state index in [1.165, 1.54) is 0 Å². The Bertz CT molecular complexity index is 607. The zero-order valence-electron chi connectivity index (χ0n) is 15.7. The fourth-order valence-corrected chi connectivity index (χ4v) is 3.05. The minimum absolute atomic E-state index is 0.00387. The molecule has 1 aromatic carbocycles. The second-order valence-electron chi connectivity index (χ2n) is 6.47. The minimum atomic E-state index is -0.188. The van der Waals surface area contributed by atoms with Crippen LogP contribution in [0.1, 0.15) is 18.9 Å². The lowest BCUT2D eigenvalue weighted by Crippen LogP contribution is -2.55. The summed E-state index contributed by atoms with van der Waals surface area (Å²) in [4.78, 5) is 28.5. The van der Waals surface area contributed by atoms with Crippen LogP contribution in [0.15, 0.2) is 36.9 Å². The van der Waals surface area contributed by atoms with Crippen molar-refractivity contribution in [2.24, 2.45) is 0 Å². The Morgan fingerprint density at radius 3 is 2.46 bits per heavy atom. The lowest BCUT2D eigenvalue weighted by molar-refractivity contribution is -0.134. The number of aryl methyl sites for hydroxylation is 1. The number of rotatable bonds is 8. The minimum Gasteiger partial charge on any atom is -0.497 e. The first kappa shape index (κ1) is 20.0. The van der Waals surface area contributed by atoms with Crippen molar-refractivity contribution in [1.29, 1.82) is 0 Å². The molecule has 2 rings (SSSR count). The normalized spacial score (nSPS) is 16.0. The van der Waals surface area contributed by atoms with Crippen molar-refractivity contribution in [3.63, 3.8) is 0 Å². The molecule has 1 N–H and O–H groups in total. The maximum Gasteiger partial charge on any atom is 0.237 e. The van der Waals surface area contributed by atoms with E-state index < -0.39 is 0 Å². The third-order valence-electron chi connectivity index (χ3n) is 4.80. The number of carbonyl (C=O) groups excluding carboxylic acids is 2. The number of ether oxygens (including phenoxy) is 1. The van der Waals surface area contributed by atoms with E-state index in [-0.39, 0.29) is 17.9 Å². The first-order chi connectivity index (χ1) is 12.5. The van der Waals surface area contributed by atoms with Gasteiger partial charge in [-0.05, 0) is 31.0 Å². The van der Waals surface area contributed by atoms with E-state index in [2.05, 4.69) is 16.8 Å². The molecule has 1 unspecified atom stereocenters. The molecular formula is C20H29N3O3. The van der Waals surface area contributed by atoms with Crippen molar-refractivity contribution in [3.8, 4) is 5.75 Å². The standard InChI is InChI=1S/C20H29N3O3/c1-4-11-21-20(25)16(2)22-12-14-23(15-13-22)19(24)10-7-17-5-8-18(26-3)9-6-17/h4-6,8-9,16H,1,7,10-15H2,2-3H3,(H,21,25). The van der Waals surface area contributed by atoms with Gasteiger partial charge in [-0.1, -0.05) is 18.2 Å². The third-order valence-corrected chi connectivity index (χ3v) is 4.80. The van der Waals surface area contributed by atoms with Crippen LogP contribution in [-0.4, -0.2) is 67.5 Å². The van der Waals surface area contributed by atoms with E-state index in [1.807, 2.05) is 36.1 Å². The van der Waals surface area contributed by atoms with Crippen LogP contribution >= 0.6 is 0 Å². The second kappa shape index (κ2) is 9.97. The average Bonchev–Trinajstić information content (AvgIpc) is 2.70. The van der Waals surface area contributed by atoms with Gasteiger partial charge >= 0.3 is 0 Å². The highest BCUT2D eigenvalue weighted by Gasteiger charge is 2.26. The number of hydrogen-bond acceptors (Lipinski definition) is 4. The van der Waals surface area contributed by atoms with Gasteiger partial charge in [-0.3, -0.25) is 14.5 Å². The van der Waals surface area contributed by atoms with Crippen LogP contribution in [0, 0.1) is 0 Å². The van der Waals surface area contributed by atoms with Crippen LogP contribution < -0.4 is 10.1 Å². The summed E-state index contributed by atoms with van der Waals surface area (Å²) in [5, 5.41) is 2.82. The smallest absolute Gasteiger partial charge is 0.237 e. The zero-order chi connectivity index (χ0) is 18.9. The van der Waals surface area contributed by atoms with Gasteiger partial charge in [0.05, 0.1) is 13.2 Å². The number of amides is 2. The number of hydrogen-bond donors (Lipinski definition) is 1. The molecule has 1 aliphatic heterocycles. The van der Waals surface area contributed by atoms with Gasteiger partial charge < -0.3 is 15.0 Å². The molecule has 2 amide bonds. The summed E-state index contributed by atoms with van der Waals surface area (Å²) < 4.78 is 5.14. The molecule has 0 radical (unpaired) electrons. The summed E-state index contributed by atoms with van der Waals surface area (Å²) in [6, 6.07) is 7.63. The molecule has 0 spiro atoms. The summed E-state index contributed by atoms with van der Waals surface area (Å²) >= 11 is 0. The number of nitrogens with one attached hydrogen (secondary N) is 1. The molecular weight excluding hydrogens is 330 g/mol. The molecule has 6 nitrogen and oxygen atoms in total. The molecule has 0 bridgehead atoms.